The predicted octanol–water partition coefficient (Wildman–Crippen LogP) is 3.89. The number of benzene rings is 1. The van der Waals surface area contributed by atoms with E-state index in [1.165, 1.54) is 5.56 Å². The van der Waals surface area contributed by atoms with Gasteiger partial charge in [-0.05, 0) is 44.1 Å². The topological polar surface area (TPSA) is 45.2 Å². The summed E-state index contributed by atoms with van der Waals surface area (Å²) < 4.78 is 1.08. The van der Waals surface area contributed by atoms with E-state index < -0.39 is 0 Å². The summed E-state index contributed by atoms with van der Waals surface area (Å²) in [4.78, 5) is 19.0. The standard InChI is InChI=1S/C19H21N3OS/c1-13-4-6-14(7-5-13)16(12-22(2)3)19(23)21-18-10-15-8-9-20-11-17(15)24-18/h4-11,16H,12H2,1-3H3,(H,21,23). The molecule has 0 saturated heterocycles. The van der Waals surface area contributed by atoms with Crippen LogP contribution in [-0.2, 0) is 4.79 Å². The third-order valence-corrected chi connectivity index (χ3v) is 4.91. The molecule has 0 fully saturated rings. The van der Waals surface area contributed by atoms with E-state index >= 15 is 0 Å². The average molecular weight is 339 g/mol. The quantitative estimate of drug-likeness (QED) is 0.767. The van der Waals surface area contributed by atoms with Crippen molar-refractivity contribution < 1.29 is 4.79 Å². The summed E-state index contributed by atoms with van der Waals surface area (Å²) >= 11 is 1.55. The average Bonchev–Trinajstić information content (AvgIpc) is 2.95. The summed E-state index contributed by atoms with van der Waals surface area (Å²) in [5, 5.41) is 5.04. The van der Waals surface area contributed by atoms with Crippen molar-refractivity contribution in [3.63, 3.8) is 0 Å². The molecule has 1 amide bonds. The van der Waals surface area contributed by atoms with E-state index in [-0.39, 0.29) is 11.8 Å². The van der Waals surface area contributed by atoms with Gasteiger partial charge < -0.3 is 10.2 Å². The van der Waals surface area contributed by atoms with Gasteiger partial charge in [-0.3, -0.25) is 9.78 Å². The molecular weight excluding hydrogens is 318 g/mol. The Hall–Kier alpha value is -2.24. The van der Waals surface area contributed by atoms with Gasteiger partial charge in [-0.2, -0.15) is 0 Å². The maximum atomic E-state index is 12.9. The zero-order chi connectivity index (χ0) is 17.1. The van der Waals surface area contributed by atoms with Crippen molar-refractivity contribution in [1.82, 2.24) is 9.88 Å². The first kappa shape index (κ1) is 16.6. The molecule has 2 heterocycles. The molecule has 124 valence electrons. The number of hydrogen-bond donors (Lipinski definition) is 1. The lowest BCUT2D eigenvalue weighted by atomic mass is 9.96. The number of anilines is 1. The Labute approximate surface area is 146 Å². The van der Waals surface area contributed by atoms with Gasteiger partial charge in [-0.25, -0.2) is 0 Å². The molecule has 0 radical (unpaired) electrons. The van der Waals surface area contributed by atoms with Gasteiger partial charge in [0.1, 0.15) is 0 Å². The van der Waals surface area contributed by atoms with Crippen LogP contribution in [0, 0.1) is 6.92 Å². The molecule has 0 aliphatic carbocycles. The smallest absolute Gasteiger partial charge is 0.233 e. The zero-order valence-electron chi connectivity index (χ0n) is 14.1. The highest BCUT2D eigenvalue weighted by Crippen LogP contribution is 2.30. The Balaban J connectivity index is 1.83. The van der Waals surface area contributed by atoms with E-state index in [4.69, 9.17) is 0 Å². The lowest BCUT2D eigenvalue weighted by molar-refractivity contribution is -0.117. The largest absolute Gasteiger partial charge is 0.317 e. The predicted molar refractivity (Wildman–Crippen MR) is 101 cm³/mol. The first-order chi connectivity index (χ1) is 11.5. The van der Waals surface area contributed by atoms with Crippen LogP contribution in [0.15, 0.2) is 48.8 Å². The number of nitrogens with one attached hydrogen (secondary N) is 1. The molecule has 2 aromatic heterocycles. The lowest BCUT2D eigenvalue weighted by Crippen LogP contribution is -2.30. The lowest BCUT2D eigenvalue weighted by Gasteiger charge is -2.20. The van der Waals surface area contributed by atoms with Gasteiger partial charge in [-0.1, -0.05) is 29.8 Å². The summed E-state index contributed by atoms with van der Waals surface area (Å²) in [6, 6.07) is 12.1. The number of aryl methyl sites for hydroxylation is 1. The van der Waals surface area contributed by atoms with Gasteiger partial charge in [0.2, 0.25) is 5.91 Å². The number of fused-ring (bicyclic) bond motifs is 1. The fourth-order valence-corrected chi connectivity index (χ4v) is 3.59. The Morgan fingerprint density at radius 2 is 2.00 bits per heavy atom. The summed E-state index contributed by atoms with van der Waals surface area (Å²) in [5.41, 5.74) is 2.23. The van der Waals surface area contributed by atoms with E-state index in [9.17, 15) is 4.79 Å². The number of thiophene rings is 1. The van der Waals surface area contributed by atoms with Crippen LogP contribution in [0.4, 0.5) is 5.00 Å². The molecule has 0 bridgehead atoms. The number of carbonyl (C=O) groups is 1. The van der Waals surface area contributed by atoms with Gasteiger partial charge >= 0.3 is 0 Å². The van der Waals surface area contributed by atoms with Crippen molar-refractivity contribution in [3.05, 3.63) is 59.9 Å². The highest BCUT2D eigenvalue weighted by Gasteiger charge is 2.22. The minimum absolute atomic E-state index is 0.0204. The maximum Gasteiger partial charge on any atom is 0.233 e. The third-order valence-electron chi connectivity index (χ3n) is 3.91. The molecule has 3 aromatic rings. The molecule has 0 aliphatic heterocycles. The summed E-state index contributed by atoms with van der Waals surface area (Å²) in [6.45, 7) is 2.72. The Bertz CT molecular complexity index is 806. The highest BCUT2D eigenvalue weighted by molar-refractivity contribution is 7.22. The second-order valence-electron chi connectivity index (χ2n) is 6.24. The number of rotatable bonds is 5. The van der Waals surface area contributed by atoms with Crippen molar-refractivity contribution in [2.45, 2.75) is 12.8 Å². The summed E-state index contributed by atoms with van der Waals surface area (Å²) in [7, 11) is 3.97. The van der Waals surface area contributed by atoms with Gasteiger partial charge in [0.25, 0.3) is 0 Å². The van der Waals surface area contributed by atoms with Crippen LogP contribution >= 0.6 is 11.3 Å². The fourth-order valence-electron chi connectivity index (χ4n) is 2.66. The zero-order valence-corrected chi connectivity index (χ0v) is 14.9. The van der Waals surface area contributed by atoms with Crippen LogP contribution < -0.4 is 5.32 Å². The number of hydrogen-bond acceptors (Lipinski definition) is 4. The molecule has 0 saturated carbocycles. The Morgan fingerprint density at radius 1 is 1.25 bits per heavy atom. The van der Waals surface area contributed by atoms with Crippen LogP contribution in [0.5, 0.6) is 0 Å². The van der Waals surface area contributed by atoms with Gasteiger partial charge in [-0.15, -0.1) is 11.3 Å². The normalized spacial score (nSPS) is 12.5. The molecule has 0 spiro atoms. The van der Waals surface area contributed by atoms with Gasteiger partial charge in [0.05, 0.1) is 15.6 Å². The minimum Gasteiger partial charge on any atom is -0.317 e. The Morgan fingerprint density at radius 3 is 2.67 bits per heavy atom. The van der Waals surface area contributed by atoms with E-state index in [0.717, 1.165) is 20.7 Å². The number of carbonyl (C=O) groups excluding carboxylic acids is 1. The van der Waals surface area contributed by atoms with Crippen molar-refractivity contribution >= 4 is 32.3 Å². The molecule has 24 heavy (non-hydrogen) atoms. The van der Waals surface area contributed by atoms with Crippen molar-refractivity contribution in [1.29, 1.82) is 0 Å². The van der Waals surface area contributed by atoms with E-state index in [2.05, 4.69) is 29.4 Å². The van der Waals surface area contributed by atoms with Crippen molar-refractivity contribution in [2.24, 2.45) is 0 Å². The molecule has 1 atom stereocenters. The van der Waals surface area contributed by atoms with E-state index in [1.54, 1.807) is 17.5 Å². The molecule has 4 nitrogen and oxygen atoms in total. The maximum absolute atomic E-state index is 12.9. The summed E-state index contributed by atoms with van der Waals surface area (Å²) in [5.74, 6) is -0.184. The number of likely N-dealkylation sites (N-methyl/N-ethyl adjacent to an activating group) is 1. The number of nitrogens with zero attached hydrogens (tertiary/aromatic N) is 2. The monoisotopic (exact) mass is 339 g/mol. The van der Waals surface area contributed by atoms with Crippen molar-refractivity contribution in [2.75, 3.05) is 26.0 Å². The molecule has 1 unspecified atom stereocenters. The minimum atomic E-state index is -0.205. The van der Waals surface area contributed by atoms with Crippen LogP contribution in [0.1, 0.15) is 17.0 Å². The second kappa shape index (κ2) is 7.11. The molecule has 5 heteroatoms. The molecule has 0 aliphatic rings. The number of amides is 1. The van der Waals surface area contributed by atoms with Gasteiger partial charge in [0, 0.05) is 18.9 Å². The van der Waals surface area contributed by atoms with Crippen LogP contribution in [0.3, 0.4) is 0 Å². The molecular formula is C19H21N3OS. The highest BCUT2D eigenvalue weighted by atomic mass is 32.1. The van der Waals surface area contributed by atoms with Crippen molar-refractivity contribution in [3.8, 4) is 0 Å². The molecule has 3 rings (SSSR count). The fraction of sp³-hybridized carbons (Fsp3) is 0.263. The summed E-state index contributed by atoms with van der Waals surface area (Å²) in [6.07, 6.45) is 3.59. The Kier molecular flexibility index (Phi) is 4.92. The van der Waals surface area contributed by atoms with Gasteiger partial charge in [0.15, 0.2) is 0 Å². The number of aromatic nitrogens is 1. The molecule has 1 aromatic carbocycles. The van der Waals surface area contributed by atoms with Crippen LogP contribution in [0.2, 0.25) is 0 Å². The molecule has 1 N–H and O–H groups in total. The second-order valence-corrected chi connectivity index (χ2v) is 7.32. The number of pyridine rings is 1. The van der Waals surface area contributed by atoms with Crippen LogP contribution in [-0.4, -0.2) is 36.4 Å². The third kappa shape index (κ3) is 3.80. The van der Waals surface area contributed by atoms with Crippen LogP contribution in [0.25, 0.3) is 10.1 Å². The first-order valence-corrected chi connectivity index (χ1v) is 8.70. The van der Waals surface area contributed by atoms with E-state index in [0.29, 0.717) is 6.54 Å². The SMILES string of the molecule is Cc1ccc(C(CN(C)C)C(=O)Nc2cc3ccncc3s2)cc1. The first-order valence-electron chi connectivity index (χ1n) is 7.88. The van der Waals surface area contributed by atoms with E-state index in [1.807, 2.05) is 49.5 Å².